The molecule has 0 aliphatic heterocycles. The van der Waals surface area contributed by atoms with Crippen LogP contribution in [0.15, 0.2) is 48.5 Å². The lowest BCUT2D eigenvalue weighted by atomic mass is 9.89. The molecule has 1 unspecified atom stereocenters. The van der Waals surface area contributed by atoms with Crippen LogP contribution in [0.4, 0.5) is 0 Å². The average molecular weight is 466 g/mol. The Labute approximate surface area is 192 Å². The van der Waals surface area contributed by atoms with Crippen molar-refractivity contribution >= 4 is 41.0 Å². The van der Waals surface area contributed by atoms with E-state index >= 15 is 0 Å². The minimum Gasteiger partial charge on any atom is -0.468 e. The second-order valence-corrected chi connectivity index (χ2v) is 8.19. The number of rotatable bonds is 8. The quantitative estimate of drug-likeness (QED) is 0.421. The van der Waals surface area contributed by atoms with Gasteiger partial charge in [-0.1, -0.05) is 53.5 Å². The van der Waals surface area contributed by atoms with E-state index in [0.717, 1.165) is 0 Å². The van der Waals surface area contributed by atoms with Crippen molar-refractivity contribution in [2.75, 3.05) is 20.3 Å². The van der Waals surface area contributed by atoms with Crippen LogP contribution in [0.25, 0.3) is 0 Å². The smallest absolute Gasteiger partial charge is 0.325 e. The van der Waals surface area contributed by atoms with Crippen LogP contribution >= 0.6 is 23.2 Å². The molecule has 0 N–H and O–H groups in total. The molecule has 6 nitrogen and oxygen atoms in total. The fourth-order valence-corrected chi connectivity index (χ4v) is 3.77. The normalized spacial score (nSPS) is 12.1. The number of carbonyl (C=O) groups is 3. The van der Waals surface area contributed by atoms with Crippen LogP contribution < -0.4 is 0 Å². The molecule has 0 heterocycles. The minimum absolute atomic E-state index is 0.156. The number of esters is 2. The van der Waals surface area contributed by atoms with E-state index in [1.165, 1.54) is 12.0 Å². The molecule has 0 aliphatic carbocycles. The number of hydrogen-bond acceptors (Lipinski definition) is 5. The van der Waals surface area contributed by atoms with E-state index in [1.54, 1.807) is 69.3 Å². The summed E-state index contributed by atoms with van der Waals surface area (Å²) in [7, 11) is 1.21. The topological polar surface area (TPSA) is 72.9 Å². The standard InChI is InChI=1S/C23H25Cl2NO5/c1-5-31-19(27)14-26(23(2,3)16-11-17(24)13-18(25)12-16)21(28)20(22(29)30-4)15-9-7-6-8-10-15/h6-13,20H,5,14H2,1-4H3. The number of hydrogen-bond donors (Lipinski definition) is 0. The van der Waals surface area contributed by atoms with E-state index in [2.05, 4.69) is 0 Å². The molecule has 31 heavy (non-hydrogen) atoms. The molecule has 0 aliphatic rings. The van der Waals surface area contributed by atoms with E-state index in [0.29, 0.717) is 21.2 Å². The number of benzene rings is 2. The van der Waals surface area contributed by atoms with Gasteiger partial charge in [0.05, 0.1) is 19.3 Å². The monoisotopic (exact) mass is 465 g/mol. The van der Waals surface area contributed by atoms with E-state index in [-0.39, 0.29) is 13.2 Å². The molecule has 0 bridgehead atoms. The van der Waals surface area contributed by atoms with Crippen molar-refractivity contribution < 1.29 is 23.9 Å². The second-order valence-electron chi connectivity index (χ2n) is 7.31. The first kappa shape index (κ1) is 24.7. The van der Waals surface area contributed by atoms with Crippen LogP contribution in [0.5, 0.6) is 0 Å². The minimum atomic E-state index is -1.26. The van der Waals surface area contributed by atoms with Crippen LogP contribution in [0, 0.1) is 0 Å². The van der Waals surface area contributed by atoms with Gasteiger partial charge in [0, 0.05) is 10.0 Å². The molecule has 0 fully saturated rings. The fourth-order valence-electron chi connectivity index (χ4n) is 3.25. The SMILES string of the molecule is CCOC(=O)CN(C(=O)C(C(=O)OC)c1ccccc1)C(C)(C)c1cc(Cl)cc(Cl)c1. The van der Waals surface area contributed by atoms with Crippen LogP contribution in [-0.2, 0) is 29.4 Å². The Morgan fingerprint density at radius 2 is 1.61 bits per heavy atom. The van der Waals surface area contributed by atoms with E-state index in [1.807, 2.05) is 0 Å². The van der Waals surface area contributed by atoms with E-state index in [4.69, 9.17) is 32.7 Å². The molecule has 0 spiro atoms. The van der Waals surface area contributed by atoms with Gasteiger partial charge in [-0.2, -0.15) is 0 Å². The summed E-state index contributed by atoms with van der Waals surface area (Å²) in [6, 6.07) is 13.4. The summed E-state index contributed by atoms with van der Waals surface area (Å²) < 4.78 is 9.97. The molecule has 8 heteroatoms. The maximum Gasteiger partial charge on any atom is 0.325 e. The van der Waals surface area contributed by atoms with Gasteiger partial charge in [0.25, 0.3) is 0 Å². The van der Waals surface area contributed by atoms with Gasteiger partial charge in [0.2, 0.25) is 5.91 Å². The van der Waals surface area contributed by atoms with Gasteiger partial charge >= 0.3 is 11.9 Å². The highest BCUT2D eigenvalue weighted by Crippen LogP contribution is 2.34. The Bertz CT molecular complexity index is 926. The Hall–Kier alpha value is -2.57. The fraction of sp³-hybridized carbons (Fsp3) is 0.348. The third-order valence-corrected chi connectivity index (χ3v) is 5.36. The Morgan fingerprint density at radius 3 is 2.13 bits per heavy atom. The van der Waals surface area contributed by atoms with Crippen molar-refractivity contribution in [1.82, 2.24) is 4.90 Å². The molecular weight excluding hydrogens is 441 g/mol. The van der Waals surface area contributed by atoms with Crippen LogP contribution in [0.3, 0.4) is 0 Å². The highest BCUT2D eigenvalue weighted by molar-refractivity contribution is 6.34. The summed E-state index contributed by atoms with van der Waals surface area (Å²) in [5.74, 6) is -3.19. The molecule has 1 amide bonds. The third kappa shape index (κ3) is 5.99. The van der Waals surface area contributed by atoms with Gasteiger partial charge in [0.1, 0.15) is 6.54 Å². The summed E-state index contributed by atoms with van der Waals surface area (Å²) in [5.41, 5.74) is -0.00754. The molecular formula is C23H25Cl2NO5. The van der Waals surface area contributed by atoms with Gasteiger partial charge in [-0.15, -0.1) is 0 Å². The summed E-state index contributed by atoms with van der Waals surface area (Å²) in [6.45, 7) is 4.94. The molecule has 2 rings (SSSR count). The highest BCUT2D eigenvalue weighted by Gasteiger charge is 2.41. The Balaban J connectivity index is 2.59. The number of carbonyl (C=O) groups excluding carboxylic acids is 3. The number of halogens is 2. The Kier molecular flexibility index (Phi) is 8.48. The van der Waals surface area contributed by atoms with E-state index < -0.39 is 29.3 Å². The maximum absolute atomic E-state index is 13.7. The average Bonchev–Trinajstić information content (AvgIpc) is 2.72. The summed E-state index contributed by atoms with van der Waals surface area (Å²) in [5, 5.41) is 0.762. The molecule has 2 aromatic rings. The van der Waals surface area contributed by atoms with Crippen LogP contribution in [-0.4, -0.2) is 43.0 Å². The molecule has 166 valence electrons. The summed E-state index contributed by atoms with van der Waals surface area (Å²) in [6.07, 6.45) is 0. The lowest BCUT2D eigenvalue weighted by Crippen LogP contribution is -2.51. The van der Waals surface area contributed by atoms with Crippen molar-refractivity contribution in [3.05, 3.63) is 69.7 Å². The van der Waals surface area contributed by atoms with Crippen LogP contribution in [0.1, 0.15) is 37.8 Å². The number of ether oxygens (including phenoxy) is 2. The first-order chi connectivity index (χ1) is 14.6. The first-order valence-electron chi connectivity index (χ1n) is 9.68. The van der Waals surface area contributed by atoms with Crippen molar-refractivity contribution in [2.24, 2.45) is 0 Å². The van der Waals surface area contributed by atoms with E-state index in [9.17, 15) is 14.4 Å². The molecule has 0 radical (unpaired) electrons. The zero-order chi connectivity index (χ0) is 23.2. The lowest BCUT2D eigenvalue weighted by molar-refractivity contribution is -0.158. The Morgan fingerprint density at radius 1 is 1.03 bits per heavy atom. The molecule has 0 saturated heterocycles. The third-order valence-electron chi connectivity index (χ3n) is 4.92. The van der Waals surface area contributed by atoms with Crippen molar-refractivity contribution in [2.45, 2.75) is 32.2 Å². The molecule has 0 saturated carbocycles. The summed E-state index contributed by atoms with van der Waals surface area (Å²) in [4.78, 5) is 40.0. The predicted molar refractivity (Wildman–Crippen MR) is 119 cm³/mol. The first-order valence-corrected chi connectivity index (χ1v) is 10.4. The maximum atomic E-state index is 13.7. The molecule has 0 aromatic heterocycles. The van der Waals surface area contributed by atoms with Gasteiger partial charge in [-0.3, -0.25) is 14.4 Å². The van der Waals surface area contributed by atoms with Gasteiger partial charge in [-0.05, 0) is 50.1 Å². The van der Waals surface area contributed by atoms with Crippen molar-refractivity contribution in [1.29, 1.82) is 0 Å². The summed E-state index contributed by atoms with van der Waals surface area (Å²) >= 11 is 12.3. The highest BCUT2D eigenvalue weighted by atomic mass is 35.5. The molecule has 2 aromatic carbocycles. The van der Waals surface area contributed by atoms with Crippen molar-refractivity contribution in [3.8, 4) is 0 Å². The predicted octanol–water partition coefficient (Wildman–Crippen LogP) is 4.58. The van der Waals surface area contributed by atoms with Crippen molar-refractivity contribution in [3.63, 3.8) is 0 Å². The largest absolute Gasteiger partial charge is 0.468 e. The number of methoxy groups -OCH3 is 1. The van der Waals surface area contributed by atoms with Gasteiger partial charge in [-0.25, -0.2) is 0 Å². The second kappa shape index (κ2) is 10.6. The zero-order valence-electron chi connectivity index (χ0n) is 17.9. The zero-order valence-corrected chi connectivity index (χ0v) is 19.4. The number of nitrogens with zero attached hydrogens (tertiary/aromatic N) is 1. The number of amides is 1. The van der Waals surface area contributed by atoms with Gasteiger partial charge in [0.15, 0.2) is 5.92 Å². The lowest BCUT2D eigenvalue weighted by Gasteiger charge is -2.40. The molecule has 1 atom stereocenters. The van der Waals surface area contributed by atoms with Crippen LogP contribution in [0.2, 0.25) is 10.0 Å². The van der Waals surface area contributed by atoms with Gasteiger partial charge < -0.3 is 14.4 Å².